The molecule has 0 unspecified atom stereocenters. The van der Waals surface area contributed by atoms with Crippen LogP contribution in [-0.2, 0) is 16.1 Å². The number of hydrogen-bond donors (Lipinski definition) is 2. The number of rotatable bonds is 6. The standard InChI is InChI=1S/C31H37N3O3/c1-31(2)17-25-29(27(35)18-31)30(22-9-5-4-6-10-22)34(26-12-8-7-11-24(26)33-25)20-28(36)32-19-21-13-15-23(37-3)16-14-21/h4-5,7-8,11-16,22,30,33H,6,9-10,17-20H2,1-3H3,(H,32,36)/t22-,30-/m0/s1. The predicted octanol–water partition coefficient (Wildman–Crippen LogP) is 5.61. The molecule has 6 nitrogen and oxygen atoms in total. The molecule has 0 aromatic heterocycles. The molecule has 0 radical (unpaired) electrons. The normalized spacial score (nSPS) is 22.5. The number of Topliss-reactive ketones (excluding diaryl/α,β-unsaturated/α-hetero) is 1. The van der Waals surface area contributed by atoms with Crippen LogP contribution in [0, 0.1) is 11.3 Å². The minimum absolute atomic E-state index is 0.0605. The summed E-state index contributed by atoms with van der Waals surface area (Å²) in [6.45, 7) is 4.95. The van der Waals surface area contributed by atoms with Crippen LogP contribution in [0.3, 0.4) is 0 Å². The molecule has 3 aliphatic rings. The van der Waals surface area contributed by atoms with Gasteiger partial charge in [0.15, 0.2) is 5.78 Å². The molecule has 0 fully saturated rings. The molecular formula is C31H37N3O3. The quantitative estimate of drug-likeness (QED) is 0.506. The number of hydrogen-bond acceptors (Lipinski definition) is 5. The number of nitrogens with one attached hydrogen (secondary N) is 2. The van der Waals surface area contributed by atoms with Crippen molar-refractivity contribution in [2.75, 3.05) is 23.9 Å². The molecule has 2 aromatic rings. The maximum Gasteiger partial charge on any atom is 0.239 e. The SMILES string of the molecule is COc1ccc(CNC(=O)CN2c3ccccc3NC3=C(C(=O)CC(C)(C)C3)[C@@H]2[C@H]2CC=CCC2)cc1. The summed E-state index contributed by atoms with van der Waals surface area (Å²) >= 11 is 0. The summed E-state index contributed by atoms with van der Waals surface area (Å²) in [6, 6.07) is 15.7. The van der Waals surface area contributed by atoms with Gasteiger partial charge in [0.1, 0.15) is 5.75 Å². The molecule has 37 heavy (non-hydrogen) atoms. The second kappa shape index (κ2) is 10.4. The minimum Gasteiger partial charge on any atom is -0.497 e. The molecule has 1 aliphatic heterocycles. The molecule has 2 N–H and O–H groups in total. The van der Waals surface area contributed by atoms with Crippen LogP contribution in [-0.4, -0.2) is 31.4 Å². The van der Waals surface area contributed by atoms with E-state index in [1.807, 2.05) is 36.4 Å². The van der Waals surface area contributed by atoms with E-state index in [0.29, 0.717) is 13.0 Å². The first-order chi connectivity index (χ1) is 17.8. The fraction of sp³-hybridized carbons (Fsp3) is 0.419. The van der Waals surface area contributed by atoms with Crippen molar-refractivity contribution in [3.63, 3.8) is 0 Å². The third-order valence-corrected chi connectivity index (χ3v) is 7.77. The summed E-state index contributed by atoms with van der Waals surface area (Å²) in [6.07, 6.45) is 8.71. The van der Waals surface area contributed by atoms with Gasteiger partial charge in [-0.05, 0) is 66.8 Å². The van der Waals surface area contributed by atoms with Crippen LogP contribution >= 0.6 is 0 Å². The molecule has 0 spiro atoms. The zero-order valence-electron chi connectivity index (χ0n) is 22.0. The Morgan fingerprint density at radius 3 is 2.62 bits per heavy atom. The number of benzene rings is 2. The maximum atomic E-state index is 13.7. The fourth-order valence-electron chi connectivity index (χ4n) is 6.02. The molecule has 1 amide bonds. The van der Waals surface area contributed by atoms with Crippen LogP contribution in [0.5, 0.6) is 5.75 Å². The van der Waals surface area contributed by atoms with Crippen LogP contribution in [0.25, 0.3) is 0 Å². The molecule has 2 atom stereocenters. The summed E-state index contributed by atoms with van der Waals surface area (Å²) in [5.74, 6) is 1.20. The van der Waals surface area contributed by atoms with Gasteiger partial charge >= 0.3 is 0 Å². The summed E-state index contributed by atoms with van der Waals surface area (Å²) in [4.78, 5) is 29.3. The van der Waals surface area contributed by atoms with Crippen LogP contribution in [0.1, 0.15) is 51.5 Å². The third-order valence-electron chi connectivity index (χ3n) is 7.77. The van der Waals surface area contributed by atoms with E-state index in [-0.39, 0.29) is 35.6 Å². The molecule has 194 valence electrons. The fourth-order valence-corrected chi connectivity index (χ4v) is 6.02. The smallest absolute Gasteiger partial charge is 0.239 e. The zero-order chi connectivity index (χ0) is 26.0. The van der Waals surface area contributed by atoms with Gasteiger partial charge in [-0.2, -0.15) is 0 Å². The van der Waals surface area contributed by atoms with Crippen LogP contribution in [0.2, 0.25) is 0 Å². The van der Waals surface area contributed by atoms with Crippen LogP contribution < -0.4 is 20.3 Å². The lowest BCUT2D eigenvalue weighted by Crippen LogP contribution is -2.49. The van der Waals surface area contributed by atoms with Gasteiger partial charge in [-0.3, -0.25) is 9.59 Å². The number of carbonyl (C=O) groups excluding carboxylic acids is 2. The second-order valence-electron chi connectivity index (χ2n) is 11.2. The summed E-state index contributed by atoms with van der Waals surface area (Å²) in [7, 11) is 1.64. The number of anilines is 2. The molecule has 1 heterocycles. The Bertz CT molecular complexity index is 1230. The van der Waals surface area contributed by atoms with E-state index in [4.69, 9.17) is 4.74 Å². The minimum atomic E-state index is -0.147. The van der Waals surface area contributed by atoms with E-state index in [2.05, 4.69) is 53.7 Å². The molecule has 0 saturated carbocycles. The first kappa shape index (κ1) is 25.1. The summed E-state index contributed by atoms with van der Waals surface area (Å²) in [5.41, 5.74) is 4.74. The summed E-state index contributed by atoms with van der Waals surface area (Å²) in [5, 5.41) is 6.74. The number of amides is 1. The molecular weight excluding hydrogens is 462 g/mol. The van der Waals surface area contributed by atoms with E-state index in [0.717, 1.165) is 59.6 Å². The van der Waals surface area contributed by atoms with E-state index in [9.17, 15) is 9.59 Å². The molecule has 2 aromatic carbocycles. The Kier molecular flexibility index (Phi) is 7.09. The molecule has 5 rings (SSSR count). The van der Waals surface area contributed by atoms with Crippen molar-refractivity contribution < 1.29 is 14.3 Å². The van der Waals surface area contributed by atoms with Gasteiger partial charge in [-0.25, -0.2) is 0 Å². The van der Waals surface area contributed by atoms with Gasteiger partial charge in [0.25, 0.3) is 0 Å². The van der Waals surface area contributed by atoms with Gasteiger partial charge in [-0.15, -0.1) is 0 Å². The van der Waals surface area contributed by atoms with Crippen molar-refractivity contribution in [1.29, 1.82) is 0 Å². The van der Waals surface area contributed by atoms with Gasteiger partial charge in [0, 0.05) is 24.2 Å². The Morgan fingerprint density at radius 2 is 1.89 bits per heavy atom. The van der Waals surface area contributed by atoms with Gasteiger partial charge in [-0.1, -0.05) is 50.3 Å². The Labute approximate surface area is 219 Å². The monoisotopic (exact) mass is 499 g/mol. The van der Waals surface area contributed by atoms with Crippen LogP contribution in [0.15, 0.2) is 72.0 Å². The zero-order valence-corrected chi connectivity index (χ0v) is 22.0. The van der Waals surface area contributed by atoms with E-state index >= 15 is 0 Å². The lowest BCUT2D eigenvalue weighted by Gasteiger charge is -2.41. The number of fused-ring (bicyclic) bond motifs is 1. The van der Waals surface area contributed by atoms with Crippen molar-refractivity contribution in [1.82, 2.24) is 5.32 Å². The number of nitrogens with zero attached hydrogens (tertiary/aromatic N) is 1. The van der Waals surface area contributed by atoms with E-state index in [1.54, 1.807) is 7.11 Å². The average Bonchev–Trinajstić information content (AvgIpc) is 3.02. The van der Waals surface area contributed by atoms with Crippen molar-refractivity contribution in [2.24, 2.45) is 11.3 Å². The van der Waals surface area contributed by atoms with Crippen molar-refractivity contribution >= 4 is 23.1 Å². The largest absolute Gasteiger partial charge is 0.497 e. The first-order valence-electron chi connectivity index (χ1n) is 13.3. The molecule has 0 bridgehead atoms. The molecule has 0 saturated heterocycles. The maximum absolute atomic E-state index is 13.7. The van der Waals surface area contributed by atoms with Gasteiger partial charge in [0.05, 0.1) is 31.1 Å². The van der Waals surface area contributed by atoms with Crippen molar-refractivity contribution in [3.8, 4) is 5.75 Å². The lowest BCUT2D eigenvalue weighted by atomic mass is 9.71. The Hall–Kier alpha value is -3.54. The van der Waals surface area contributed by atoms with Crippen molar-refractivity contribution in [3.05, 3.63) is 77.5 Å². The highest BCUT2D eigenvalue weighted by Gasteiger charge is 2.43. The predicted molar refractivity (Wildman–Crippen MR) is 148 cm³/mol. The number of para-hydroxylation sites is 2. The average molecular weight is 500 g/mol. The Morgan fingerprint density at radius 1 is 1.11 bits per heavy atom. The Balaban J connectivity index is 1.48. The van der Waals surface area contributed by atoms with E-state index < -0.39 is 0 Å². The first-order valence-corrected chi connectivity index (χ1v) is 13.3. The lowest BCUT2D eigenvalue weighted by molar-refractivity contribution is -0.121. The van der Waals surface area contributed by atoms with Gasteiger partial charge in [0.2, 0.25) is 5.91 Å². The summed E-state index contributed by atoms with van der Waals surface area (Å²) < 4.78 is 5.24. The molecule has 2 aliphatic carbocycles. The number of ether oxygens (including phenoxy) is 1. The number of ketones is 1. The highest BCUT2D eigenvalue weighted by atomic mass is 16.5. The van der Waals surface area contributed by atoms with Gasteiger partial charge < -0.3 is 20.3 Å². The topological polar surface area (TPSA) is 70.7 Å². The van der Waals surface area contributed by atoms with Crippen molar-refractivity contribution in [2.45, 2.75) is 58.5 Å². The van der Waals surface area contributed by atoms with E-state index in [1.165, 1.54) is 0 Å². The number of allylic oxidation sites excluding steroid dienone is 3. The number of carbonyl (C=O) groups is 2. The number of methoxy groups -OCH3 is 1. The molecule has 6 heteroatoms. The highest BCUT2D eigenvalue weighted by Crippen LogP contribution is 2.46. The van der Waals surface area contributed by atoms with Crippen LogP contribution in [0.4, 0.5) is 11.4 Å². The highest BCUT2D eigenvalue weighted by molar-refractivity contribution is 6.01. The third kappa shape index (κ3) is 5.43. The second-order valence-corrected chi connectivity index (χ2v) is 11.2.